The maximum atomic E-state index is 13.7. The van der Waals surface area contributed by atoms with Gasteiger partial charge in [0.15, 0.2) is 5.17 Å². The molecule has 4 rings (SSSR count). The fraction of sp³-hybridized carbons (Fsp3) is 0.0435. The fourth-order valence-corrected chi connectivity index (χ4v) is 3.54. The van der Waals surface area contributed by atoms with Crippen molar-refractivity contribution in [2.45, 2.75) is 6.61 Å². The molecule has 0 bridgehead atoms. The fourth-order valence-electron chi connectivity index (χ4n) is 2.70. The third-order valence-electron chi connectivity index (χ3n) is 4.24. The van der Waals surface area contributed by atoms with Crippen LogP contribution in [0, 0.1) is 11.6 Å². The molecule has 3 aromatic carbocycles. The molecule has 30 heavy (non-hydrogen) atoms. The second-order valence-corrected chi connectivity index (χ2v) is 7.44. The molecule has 1 amide bonds. The molecule has 1 aliphatic heterocycles. The summed E-state index contributed by atoms with van der Waals surface area (Å²) in [5.41, 5.74) is 1.85. The Morgan fingerprint density at radius 3 is 2.43 bits per heavy atom. The molecule has 0 atom stereocenters. The predicted octanol–water partition coefficient (Wildman–Crippen LogP) is 5.44. The molecule has 0 aliphatic carbocycles. The molecule has 0 aromatic heterocycles. The summed E-state index contributed by atoms with van der Waals surface area (Å²) in [5, 5.41) is 3.13. The van der Waals surface area contributed by atoms with Crippen molar-refractivity contribution in [1.82, 2.24) is 5.32 Å². The van der Waals surface area contributed by atoms with Crippen LogP contribution in [0.1, 0.15) is 11.1 Å². The lowest BCUT2D eigenvalue weighted by Gasteiger charge is -2.07. The van der Waals surface area contributed by atoms with Crippen LogP contribution in [-0.2, 0) is 11.4 Å². The lowest BCUT2D eigenvalue weighted by atomic mass is 10.2. The van der Waals surface area contributed by atoms with E-state index in [1.165, 1.54) is 42.1 Å². The van der Waals surface area contributed by atoms with Crippen molar-refractivity contribution < 1.29 is 18.3 Å². The highest BCUT2D eigenvalue weighted by molar-refractivity contribution is 8.18. The van der Waals surface area contributed by atoms with Crippen LogP contribution in [0.5, 0.6) is 5.75 Å². The highest BCUT2D eigenvalue weighted by atomic mass is 32.2. The van der Waals surface area contributed by atoms with Crippen molar-refractivity contribution in [2.24, 2.45) is 4.99 Å². The van der Waals surface area contributed by atoms with Gasteiger partial charge in [0.05, 0.1) is 10.6 Å². The number of hydrogen-bond acceptors (Lipinski definition) is 4. The summed E-state index contributed by atoms with van der Waals surface area (Å²) in [6.07, 6.45) is 1.74. The largest absolute Gasteiger partial charge is 0.489 e. The molecule has 0 radical (unpaired) electrons. The average Bonchev–Trinajstić information content (AvgIpc) is 3.09. The number of carbonyl (C=O) groups excluding carboxylic acids is 1. The van der Waals surface area contributed by atoms with Gasteiger partial charge in [0.1, 0.15) is 24.0 Å². The molecule has 1 fully saturated rings. The van der Waals surface area contributed by atoms with E-state index in [2.05, 4.69) is 10.3 Å². The number of hydrogen-bond donors (Lipinski definition) is 1. The number of carbonyl (C=O) groups is 1. The first-order valence-electron chi connectivity index (χ1n) is 9.08. The zero-order valence-corrected chi connectivity index (χ0v) is 16.5. The van der Waals surface area contributed by atoms with Crippen molar-refractivity contribution in [3.63, 3.8) is 0 Å². The standard InChI is InChI=1S/C23H16F2N2O2S/c24-17-7-9-18(10-8-17)26-23-27-22(28)21(30-23)13-15-5-11-19(12-6-15)29-14-16-3-1-2-4-20(16)25/h1-13H,14H2,(H,26,27,28)/b21-13+. The molecule has 0 saturated carbocycles. The van der Waals surface area contributed by atoms with Crippen LogP contribution in [0.25, 0.3) is 6.08 Å². The Bertz CT molecular complexity index is 1130. The van der Waals surface area contributed by atoms with Crippen molar-refractivity contribution in [3.05, 3.63) is 100 Å². The highest BCUT2D eigenvalue weighted by Gasteiger charge is 2.23. The minimum absolute atomic E-state index is 0.134. The van der Waals surface area contributed by atoms with Gasteiger partial charge in [0.25, 0.3) is 5.91 Å². The molecule has 1 heterocycles. The molecule has 3 aromatic rings. The van der Waals surface area contributed by atoms with E-state index < -0.39 is 0 Å². The first-order chi connectivity index (χ1) is 14.6. The predicted molar refractivity (Wildman–Crippen MR) is 114 cm³/mol. The third-order valence-corrected chi connectivity index (χ3v) is 5.15. The molecular formula is C23H16F2N2O2S. The smallest absolute Gasteiger partial charge is 0.264 e. The van der Waals surface area contributed by atoms with Crippen LogP contribution in [0.3, 0.4) is 0 Å². The average molecular weight is 422 g/mol. The number of amides is 1. The Morgan fingerprint density at radius 2 is 1.70 bits per heavy atom. The Morgan fingerprint density at radius 1 is 0.967 bits per heavy atom. The Labute approximate surface area is 176 Å². The first-order valence-corrected chi connectivity index (χ1v) is 9.90. The number of nitrogens with one attached hydrogen (secondary N) is 1. The minimum Gasteiger partial charge on any atom is -0.489 e. The molecule has 150 valence electrons. The summed E-state index contributed by atoms with van der Waals surface area (Å²) in [4.78, 5) is 17.0. The van der Waals surface area contributed by atoms with Crippen molar-refractivity contribution in [1.29, 1.82) is 0 Å². The van der Waals surface area contributed by atoms with E-state index >= 15 is 0 Å². The van der Waals surface area contributed by atoms with Gasteiger partial charge in [-0.2, -0.15) is 0 Å². The Hall–Kier alpha value is -3.45. The van der Waals surface area contributed by atoms with E-state index in [0.717, 1.165) is 5.56 Å². The normalized spacial score (nSPS) is 16.1. The number of nitrogens with zero attached hydrogens (tertiary/aromatic N) is 1. The summed E-state index contributed by atoms with van der Waals surface area (Å²) in [6, 6.07) is 19.3. The van der Waals surface area contributed by atoms with Crippen LogP contribution in [0.15, 0.2) is 82.7 Å². The third kappa shape index (κ3) is 4.93. The number of thioether (sulfide) groups is 1. The van der Waals surface area contributed by atoms with Gasteiger partial charge in [-0.05, 0) is 65.9 Å². The van der Waals surface area contributed by atoms with Crippen molar-refractivity contribution in [2.75, 3.05) is 0 Å². The SMILES string of the molecule is O=C1NC(=Nc2ccc(F)cc2)S/C1=C/c1ccc(OCc2ccccc2F)cc1. The van der Waals surface area contributed by atoms with Gasteiger partial charge in [-0.1, -0.05) is 30.3 Å². The summed E-state index contributed by atoms with van der Waals surface area (Å²) >= 11 is 1.21. The zero-order chi connectivity index (χ0) is 20.9. The van der Waals surface area contributed by atoms with E-state index in [1.807, 2.05) is 12.1 Å². The number of benzene rings is 3. The van der Waals surface area contributed by atoms with Crippen LogP contribution >= 0.6 is 11.8 Å². The maximum Gasteiger partial charge on any atom is 0.264 e. The molecule has 4 nitrogen and oxygen atoms in total. The lowest BCUT2D eigenvalue weighted by molar-refractivity contribution is -0.115. The van der Waals surface area contributed by atoms with E-state index in [-0.39, 0.29) is 24.1 Å². The number of rotatable bonds is 5. The van der Waals surface area contributed by atoms with Crippen LogP contribution in [-0.4, -0.2) is 11.1 Å². The lowest BCUT2D eigenvalue weighted by Crippen LogP contribution is -2.19. The second-order valence-electron chi connectivity index (χ2n) is 6.41. The molecular weight excluding hydrogens is 406 g/mol. The van der Waals surface area contributed by atoms with Crippen molar-refractivity contribution in [3.8, 4) is 5.75 Å². The molecule has 1 saturated heterocycles. The number of halogens is 2. The summed E-state index contributed by atoms with van der Waals surface area (Å²) < 4.78 is 32.3. The van der Waals surface area contributed by atoms with Crippen LogP contribution < -0.4 is 10.1 Å². The monoisotopic (exact) mass is 422 g/mol. The molecule has 1 N–H and O–H groups in total. The zero-order valence-electron chi connectivity index (χ0n) is 15.6. The summed E-state index contributed by atoms with van der Waals surface area (Å²) in [6.45, 7) is 0.134. The maximum absolute atomic E-state index is 13.7. The van der Waals surface area contributed by atoms with Gasteiger partial charge in [0.2, 0.25) is 0 Å². The number of ether oxygens (including phenoxy) is 1. The summed E-state index contributed by atoms with van der Waals surface area (Å²) in [5.74, 6) is -0.298. The van der Waals surface area contributed by atoms with Gasteiger partial charge in [-0.15, -0.1) is 0 Å². The van der Waals surface area contributed by atoms with Crippen LogP contribution in [0.2, 0.25) is 0 Å². The molecule has 0 unspecified atom stereocenters. The van der Waals surface area contributed by atoms with Crippen molar-refractivity contribution >= 4 is 34.6 Å². The Kier molecular flexibility index (Phi) is 5.90. The molecule has 1 aliphatic rings. The van der Waals surface area contributed by atoms with Gasteiger partial charge in [0, 0.05) is 5.56 Å². The second kappa shape index (κ2) is 8.92. The quantitative estimate of drug-likeness (QED) is 0.558. The van der Waals surface area contributed by atoms with Crippen LogP contribution in [0.4, 0.5) is 14.5 Å². The van der Waals surface area contributed by atoms with Gasteiger partial charge in [-0.25, -0.2) is 13.8 Å². The minimum atomic E-state index is -0.344. The number of amidine groups is 1. The van der Waals surface area contributed by atoms with E-state index in [9.17, 15) is 13.6 Å². The van der Waals surface area contributed by atoms with Gasteiger partial charge in [-0.3, -0.25) is 4.79 Å². The first kappa shape index (κ1) is 19.8. The molecule has 0 spiro atoms. The van der Waals surface area contributed by atoms with Gasteiger partial charge >= 0.3 is 0 Å². The highest BCUT2D eigenvalue weighted by Crippen LogP contribution is 2.28. The Balaban J connectivity index is 1.41. The molecule has 7 heteroatoms. The van der Waals surface area contributed by atoms with E-state index in [1.54, 1.807) is 36.4 Å². The van der Waals surface area contributed by atoms with E-state index in [4.69, 9.17) is 4.74 Å². The summed E-state index contributed by atoms with van der Waals surface area (Å²) in [7, 11) is 0. The number of aliphatic imine (C=N–C) groups is 1. The topological polar surface area (TPSA) is 50.7 Å². The van der Waals surface area contributed by atoms with E-state index in [0.29, 0.717) is 27.1 Å². The van der Waals surface area contributed by atoms with Gasteiger partial charge < -0.3 is 10.1 Å².